The number of hydrogen-bond acceptors (Lipinski definition) is 2. The summed E-state index contributed by atoms with van der Waals surface area (Å²) in [4.78, 5) is 13.9. The Balaban J connectivity index is 2.05. The van der Waals surface area contributed by atoms with Gasteiger partial charge in [0.25, 0.3) is 0 Å². The van der Waals surface area contributed by atoms with Gasteiger partial charge in [0.2, 0.25) is 5.91 Å². The molecule has 1 aliphatic heterocycles. The molecule has 3 nitrogen and oxygen atoms in total. The standard InChI is InChI=1S/C14H17ClN2O/c1-11-10-16-8-9-17(11)14(18)7-6-12-4-2-3-5-13(12)15/h2-7,11,16H,8-10H2,1H3/b7-6+. The van der Waals surface area contributed by atoms with Crippen LogP contribution >= 0.6 is 11.6 Å². The number of nitrogens with one attached hydrogen (secondary N) is 1. The summed E-state index contributed by atoms with van der Waals surface area (Å²) < 4.78 is 0. The van der Waals surface area contributed by atoms with Gasteiger partial charge in [-0.3, -0.25) is 4.79 Å². The van der Waals surface area contributed by atoms with E-state index >= 15 is 0 Å². The predicted molar refractivity (Wildman–Crippen MR) is 74.5 cm³/mol. The van der Waals surface area contributed by atoms with Crippen molar-refractivity contribution in [2.24, 2.45) is 0 Å². The van der Waals surface area contributed by atoms with E-state index in [4.69, 9.17) is 11.6 Å². The molecule has 1 amide bonds. The summed E-state index contributed by atoms with van der Waals surface area (Å²) in [5.41, 5.74) is 0.871. The first-order valence-electron chi connectivity index (χ1n) is 6.12. The van der Waals surface area contributed by atoms with E-state index in [1.807, 2.05) is 36.1 Å². The Kier molecular flexibility index (Phi) is 4.39. The van der Waals surface area contributed by atoms with Crippen molar-refractivity contribution < 1.29 is 4.79 Å². The molecule has 1 atom stereocenters. The molecule has 1 aromatic carbocycles. The summed E-state index contributed by atoms with van der Waals surface area (Å²) in [7, 11) is 0. The smallest absolute Gasteiger partial charge is 0.246 e. The van der Waals surface area contributed by atoms with Crippen molar-refractivity contribution in [3.63, 3.8) is 0 Å². The Bertz CT molecular complexity index is 459. The van der Waals surface area contributed by atoms with Crippen molar-refractivity contribution in [3.05, 3.63) is 40.9 Å². The van der Waals surface area contributed by atoms with E-state index < -0.39 is 0 Å². The fourth-order valence-corrected chi connectivity index (χ4v) is 2.23. The Hall–Kier alpha value is -1.32. The largest absolute Gasteiger partial charge is 0.334 e. The fraction of sp³-hybridized carbons (Fsp3) is 0.357. The van der Waals surface area contributed by atoms with Crippen LogP contribution in [-0.2, 0) is 4.79 Å². The zero-order chi connectivity index (χ0) is 13.0. The second kappa shape index (κ2) is 6.03. The lowest BCUT2D eigenvalue weighted by Gasteiger charge is -2.33. The van der Waals surface area contributed by atoms with E-state index in [-0.39, 0.29) is 11.9 Å². The first-order valence-corrected chi connectivity index (χ1v) is 6.50. The molecule has 1 N–H and O–H groups in total. The highest BCUT2D eigenvalue weighted by atomic mass is 35.5. The van der Waals surface area contributed by atoms with Crippen LogP contribution in [0.1, 0.15) is 12.5 Å². The molecule has 0 saturated carbocycles. The minimum absolute atomic E-state index is 0.0453. The molecule has 0 aliphatic carbocycles. The summed E-state index contributed by atoms with van der Waals surface area (Å²) in [6.07, 6.45) is 3.38. The van der Waals surface area contributed by atoms with Gasteiger partial charge in [-0.05, 0) is 24.6 Å². The quantitative estimate of drug-likeness (QED) is 0.831. The van der Waals surface area contributed by atoms with Crippen molar-refractivity contribution in [2.75, 3.05) is 19.6 Å². The molecule has 1 aliphatic rings. The number of benzene rings is 1. The molecule has 1 unspecified atom stereocenters. The van der Waals surface area contributed by atoms with E-state index in [0.29, 0.717) is 5.02 Å². The Morgan fingerprint density at radius 3 is 3.00 bits per heavy atom. The molecule has 1 aromatic rings. The summed E-state index contributed by atoms with van der Waals surface area (Å²) in [6, 6.07) is 7.73. The number of carbonyl (C=O) groups is 1. The number of rotatable bonds is 2. The predicted octanol–water partition coefficient (Wildman–Crippen LogP) is 2.17. The zero-order valence-corrected chi connectivity index (χ0v) is 11.2. The number of amides is 1. The Labute approximate surface area is 112 Å². The van der Waals surface area contributed by atoms with Gasteiger partial charge in [-0.15, -0.1) is 0 Å². The monoisotopic (exact) mass is 264 g/mol. The molecule has 1 heterocycles. The second-order valence-corrected chi connectivity index (χ2v) is 4.85. The number of carbonyl (C=O) groups excluding carboxylic acids is 1. The molecule has 0 bridgehead atoms. The van der Waals surface area contributed by atoms with E-state index in [9.17, 15) is 4.79 Å². The molecule has 18 heavy (non-hydrogen) atoms. The fourth-order valence-electron chi connectivity index (χ4n) is 2.04. The van der Waals surface area contributed by atoms with Crippen LogP contribution in [0, 0.1) is 0 Å². The highest BCUT2D eigenvalue weighted by molar-refractivity contribution is 6.32. The third-order valence-corrected chi connectivity index (χ3v) is 3.44. The van der Waals surface area contributed by atoms with Gasteiger partial charge in [0.05, 0.1) is 0 Å². The molecule has 0 aromatic heterocycles. The van der Waals surface area contributed by atoms with Gasteiger partial charge in [0.1, 0.15) is 0 Å². The molecule has 1 saturated heterocycles. The van der Waals surface area contributed by atoms with Crippen LogP contribution < -0.4 is 5.32 Å². The van der Waals surface area contributed by atoms with Crippen molar-refractivity contribution in [2.45, 2.75) is 13.0 Å². The summed E-state index contributed by atoms with van der Waals surface area (Å²) in [5.74, 6) is 0.0453. The third kappa shape index (κ3) is 3.12. The maximum absolute atomic E-state index is 12.1. The summed E-state index contributed by atoms with van der Waals surface area (Å²) in [6.45, 7) is 4.52. The first-order chi connectivity index (χ1) is 8.68. The first kappa shape index (κ1) is 13.1. The van der Waals surface area contributed by atoms with Crippen molar-refractivity contribution >= 4 is 23.6 Å². The average Bonchev–Trinajstić information content (AvgIpc) is 2.38. The highest BCUT2D eigenvalue weighted by Crippen LogP contribution is 2.16. The molecular formula is C14H17ClN2O. The molecule has 0 spiro atoms. The van der Waals surface area contributed by atoms with Crippen molar-refractivity contribution in [1.29, 1.82) is 0 Å². The van der Waals surface area contributed by atoms with Crippen molar-refractivity contribution in [3.8, 4) is 0 Å². The third-order valence-electron chi connectivity index (χ3n) is 3.10. The van der Waals surface area contributed by atoms with Gasteiger partial charge >= 0.3 is 0 Å². The van der Waals surface area contributed by atoms with Crippen LogP contribution in [0.4, 0.5) is 0 Å². The van der Waals surface area contributed by atoms with Gasteiger partial charge in [0, 0.05) is 36.8 Å². The van der Waals surface area contributed by atoms with Crippen LogP contribution in [0.3, 0.4) is 0 Å². The average molecular weight is 265 g/mol. The van der Waals surface area contributed by atoms with Gasteiger partial charge in [-0.2, -0.15) is 0 Å². The molecular weight excluding hydrogens is 248 g/mol. The van der Waals surface area contributed by atoms with Gasteiger partial charge in [-0.1, -0.05) is 29.8 Å². The topological polar surface area (TPSA) is 32.3 Å². The Morgan fingerprint density at radius 2 is 2.28 bits per heavy atom. The van der Waals surface area contributed by atoms with E-state index in [2.05, 4.69) is 5.32 Å². The van der Waals surface area contributed by atoms with Crippen LogP contribution in [0.15, 0.2) is 30.3 Å². The molecule has 1 fully saturated rings. The minimum Gasteiger partial charge on any atom is -0.334 e. The van der Waals surface area contributed by atoms with Crippen molar-refractivity contribution in [1.82, 2.24) is 10.2 Å². The number of hydrogen-bond donors (Lipinski definition) is 1. The van der Waals surface area contributed by atoms with Gasteiger partial charge < -0.3 is 10.2 Å². The molecule has 4 heteroatoms. The van der Waals surface area contributed by atoms with Gasteiger partial charge in [-0.25, -0.2) is 0 Å². The van der Waals surface area contributed by atoms with Gasteiger partial charge in [0.15, 0.2) is 0 Å². The van der Waals surface area contributed by atoms with Crippen LogP contribution in [0.25, 0.3) is 6.08 Å². The number of piperazine rings is 1. The summed E-state index contributed by atoms with van der Waals surface area (Å²) in [5, 5.41) is 3.93. The van der Waals surface area contributed by atoms with E-state index in [1.54, 1.807) is 12.2 Å². The molecule has 2 rings (SSSR count). The lowest BCUT2D eigenvalue weighted by atomic mass is 10.2. The number of halogens is 1. The normalized spacial score (nSPS) is 20.3. The second-order valence-electron chi connectivity index (χ2n) is 4.44. The number of nitrogens with zero attached hydrogens (tertiary/aromatic N) is 1. The van der Waals surface area contributed by atoms with Crippen LogP contribution in [0.5, 0.6) is 0 Å². The minimum atomic E-state index is 0.0453. The lowest BCUT2D eigenvalue weighted by Crippen LogP contribution is -2.51. The molecule has 96 valence electrons. The lowest BCUT2D eigenvalue weighted by molar-refractivity contribution is -0.128. The zero-order valence-electron chi connectivity index (χ0n) is 10.4. The van der Waals surface area contributed by atoms with Crippen LogP contribution in [-0.4, -0.2) is 36.5 Å². The SMILES string of the molecule is CC1CNCCN1C(=O)/C=C/c1ccccc1Cl. The van der Waals surface area contributed by atoms with E-state index in [1.165, 1.54) is 0 Å². The Morgan fingerprint density at radius 1 is 1.50 bits per heavy atom. The maximum Gasteiger partial charge on any atom is 0.246 e. The summed E-state index contributed by atoms with van der Waals surface area (Å²) >= 11 is 6.04. The van der Waals surface area contributed by atoms with E-state index in [0.717, 1.165) is 25.2 Å². The maximum atomic E-state index is 12.1. The highest BCUT2D eigenvalue weighted by Gasteiger charge is 2.20. The molecule has 0 radical (unpaired) electrons. The van der Waals surface area contributed by atoms with Crippen LogP contribution in [0.2, 0.25) is 5.02 Å².